The number of nitrogens with one attached hydrogen (secondary N) is 1. The average Bonchev–Trinajstić information content (AvgIpc) is 2.27. The first-order valence-corrected chi connectivity index (χ1v) is 5.26. The van der Waals surface area contributed by atoms with Gasteiger partial charge in [0.15, 0.2) is 0 Å². The molecule has 3 nitrogen and oxygen atoms in total. The maximum absolute atomic E-state index is 5.77. The lowest BCUT2D eigenvalue weighted by atomic mass is 9.97. The van der Waals surface area contributed by atoms with Crippen LogP contribution >= 0.6 is 0 Å². The van der Waals surface area contributed by atoms with E-state index in [-0.39, 0.29) is 6.10 Å². The molecule has 0 bridgehead atoms. The highest BCUT2D eigenvalue weighted by Gasteiger charge is 2.24. The van der Waals surface area contributed by atoms with Gasteiger partial charge in [-0.3, -0.25) is 0 Å². The van der Waals surface area contributed by atoms with Crippen molar-refractivity contribution in [1.29, 1.82) is 0 Å². The molecule has 2 rings (SSSR count). The molecule has 2 atom stereocenters. The van der Waals surface area contributed by atoms with Gasteiger partial charge in [0.25, 0.3) is 0 Å². The third-order valence-corrected chi connectivity index (χ3v) is 2.84. The van der Waals surface area contributed by atoms with Crippen LogP contribution < -0.4 is 14.8 Å². The molecule has 15 heavy (non-hydrogen) atoms. The number of hydrogen-bond donors (Lipinski definition) is 1. The summed E-state index contributed by atoms with van der Waals surface area (Å²) in [6.07, 6.45) is 1.26. The lowest BCUT2D eigenvalue weighted by Crippen LogP contribution is -2.29. The predicted molar refractivity (Wildman–Crippen MR) is 59.5 cm³/mol. The molecule has 0 saturated heterocycles. The largest absolute Gasteiger partial charge is 0.497 e. The third-order valence-electron chi connectivity index (χ3n) is 2.84. The fourth-order valence-corrected chi connectivity index (χ4v) is 2.03. The van der Waals surface area contributed by atoms with Gasteiger partial charge in [-0.05, 0) is 32.2 Å². The van der Waals surface area contributed by atoms with Crippen LogP contribution in [-0.2, 0) is 0 Å². The molecule has 1 aromatic carbocycles. The van der Waals surface area contributed by atoms with Gasteiger partial charge < -0.3 is 14.8 Å². The quantitative estimate of drug-likeness (QED) is 0.805. The first kappa shape index (κ1) is 10.3. The maximum atomic E-state index is 5.77. The summed E-state index contributed by atoms with van der Waals surface area (Å²) in [6.45, 7) is 2.09. The molecule has 1 aliphatic heterocycles. The van der Waals surface area contributed by atoms with Crippen molar-refractivity contribution in [3.63, 3.8) is 0 Å². The van der Waals surface area contributed by atoms with E-state index in [1.165, 1.54) is 5.56 Å². The van der Waals surface area contributed by atoms with E-state index in [0.717, 1.165) is 17.9 Å². The second-order valence-electron chi connectivity index (χ2n) is 3.91. The van der Waals surface area contributed by atoms with Gasteiger partial charge in [0.05, 0.1) is 13.2 Å². The Kier molecular flexibility index (Phi) is 2.82. The van der Waals surface area contributed by atoms with Gasteiger partial charge in [-0.2, -0.15) is 0 Å². The summed E-state index contributed by atoms with van der Waals surface area (Å²) < 4.78 is 11.0. The zero-order chi connectivity index (χ0) is 10.8. The molecular weight excluding hydrogens is 190 g/mol. The summed E-state index contributed by atoms with van der Waals surface area (Å²) in [6, 6.07) is 6.32. The number of hydrogen-bond acceptors (Lipinski definition) is 3. The van der Waals surface area contributed by atoms with E-state index in [1.807, 2.05) is 25.2 Å². The highest BCUT2D eigenvalue weighted by molar-refractivity contribution is 5.43. The molecule has 1 heterocycles. The van der Waals surface area contributed by atoms with Crippen LogP contribution in [0.15, 0.2) is 18.2 Å². The Balaban J connectivity index is 2.38. The van der Waals surface area contributed by atoms with Crippen molar-refractivity contribution in [2.45, 2.75) is 25.5 Å². The second kappa shape index (κ2) is 4.11. The molecule has 0 radical (unpaired) electrons. The van der Waals surface area contributed by atoms with Crippen LogP contribution in [0, 0.1) is 0 Å². The summed E-state index contributed by atoms with van der Waals surface area (Å²) in [5, 5.41) is 3.31. The Labute approximate surface area is 90.4 Å². The number of fused-ring (bicyclic) bond motifs is 1. The predicted octanol–water partition coefficient (Wildman–Crippen LogP) is 2.13. The Bertz CT molecular complexity index is 351. The van der Waals surface area contributed by atoms with Crippen LogP contribution in [0.3, 0.4) is 0 Å². The van der Waals surface area contributed by atoms with E-state index in [1.54, 1.807) is 7.11 Å². The van der Waals surface area contributed by atoms with Gasteiger partial charge in [0, 0.05) is 18.0 Å². The third kappa shape index (κ3) is 1.92. The van der Waals surface area contributed by atoms with E-state index < -0.39 is 0 Å². The molecule has 0 aliphatic carbocycles. The maximum Gasteiger partial charge on any atom is 0.124 e. The number of methoxy groups -OCH3 is 1. The zero-order valence-electron chi connectivity index (χ0n) is 9.41. The van der Waals surface area contributed by atoms with Gasteiger partial charge >= 0.3 is 0 Å². The van der Waals surface area contributed by atoms with E-state index >= 15 is 0 Å². The molecule has 0 saturated carbocycles. The monoisotopic (exact) mass is 207 g/mol. The van der Waals surface area contributed by atoms with Crippen LogP contribution in [0.4, 0.5) is 0 Å². The Morgan fingerprint density at radius 3 is 2.93 bits per heavy atom. The van der Waals surface area contributed by atoms with Crippen LogP contribution in [0.25, 0.3) is 0 Å². The minimum absolute atomic E-state index is 0.267. The SMILES string of the molecule is CNC1CC(C)Oc2ccc(OC)cc21. The van der Waals surface area contributed by atoms with Crippen LogP contribution in [0.1, 0.15) is 24.9 Å². The lowest BCUT2D eigenvalue weighted by Gasteiger charge is -2.30. The molecule has 2 unspecified atom stereocenters. The van der Waals surface area contributed by atoms with E-state index in [9.17, 15) is 0 Å². The minimum atomic E-state index is 0.267. The van der Waals surface area contributed by atoms with E-state index in [0.29, 0.717) is 6.04 Å². The standard InChI is InChI=1S/C12H17NO2/c1-8-6-11(13-2)10-7-9(14-3)4-5-12(10)15-8/h4-5,7-8,11,13H,6H2,1-3H3. The van der Waals surface area contributed by atoms with Gasteiger partial charge in [0.2, 0.25) is 0 Å². The molecule has 1 aliphatic rings. The fourth-order valence-electron chi connectivity index (χ4n) is 2.03. The topological polar surface area (TPSA) is 30.5 Å². The Hall–Kier alpha value is -1.22. The summed E-state index contributed by atoms with van der Waals surface area (Å²) in [5.74, 6) is 1.85. The van der Waals surface area contributed by atoms with Gasteiger partial charge in [0.1, 0.15) is 11.5 Å². The van der Waals surface area contributed by atoms with Crippen LogP contribution in [-0.4, -0.2) is 20.3 Å². The van der Waals surface area contributed by atoms with Crippen molar-refractivity contribution in [3.05, 3.63) is 23.8 Å². The van der Waals surface area contributed by atoms with Gasteiger partial charge in [-0.25, -0.2) is 0 Å². The number of rotatable bonds is 2. The van der Waals surface area contributed by atoms with Gasteiger partial charge in [-0.1, -0.05) is 0 Å². The number of ether oxygens (including phenoxy) is 2. The molecule has 0 spiro atoms. The Morgan fingerprint density at radius 1 is 1.47 bits per heavy atom. The molecule has 1 aromatic rings. The molecule has 0 amide bonds. The first-order chi connectivity index (χ1) is 7.24. The Morgan fingerprint density at radius 2 is 2.27 bits per heavy atom. The van der Waals surface area contributed by atoms with E-state index in [4.69, 9.17) is 9.47 Å². The fraction of sp³-hybridized carbons (Fsp3) is 0.500. The smallest absolute Gasteiger partial charge is 0.124 e. The van der Waals surface area contributed by atoms with Crippen molar-refractivity contribution in [1.82, 2.24) is 5.32 Å². The van der Waals surface area contributed by atoms with Crippen LogP contribution in [0.2, 0.25) is 0 Å². The zero-order valence-corrected chi connectivity index (χ0v) is 9.41. The van der Waals surface area contributed by atoms with Crippen molar-refractivity contribution in [2.75, 3.05) is 14.2 Å². The highest BCUT2D eigenvalue weighted by Crippen LogP contribution is 2.36. The average molecular weight is 207 g/mol. The normalized spacial score (nSPS) is 24.2. The minimum Gasteiger partial charge on any atom is -0.497 e. The molecule has 1 N–H and O–H groups in total. The second-order valence-corrected chi connectivity index (χ2v) is 3.91. The van der Waals surface area contributed by atoms with E-state index in [2.05, 4.69) is 12.2 Å². The molecule has 0 fully saturated rings. The summed E-state index contributed by atoms with van der Waals surface area (Å²) >= 11 is 0. The molecular formula is C12H17NO2. The molecule has 3 heteroatoms. The highest BCUT2D eigenvalue weighted by atomic mass is 16.5. The summed E-state index contributed by atoms with van der Waals surface area (Å²) in [5.41, 5.74) is 1.19. The van der Waals surface area contributed by atoms with Crippen molar-refractivity contribution >= 4 is 0 Å². The first-order valence-electron chi connectivity index (χ1n) is 5.26. The lowest BCUT2D eigenvalue weighted by molar-refractivity contribution is 0.168. The summed E-state index contributed by atoms with van der Waals surface area (Å²) in [4.78, 5) is 0. The van der Waals surface area contributed by atoms with Gasteiger partial charge in [-0.15, -0.1) is 0 Å². The van der Waals surface area contributed by atoms with Crippen molar-refractivity contribution < 1.29 is 9.47 Å². The molecule has 0 aromatic heterocycles. The number of benzene rings is 1. The summed E-state index contributed by atoms with van der Waals surface area (Å²) in [7, 11) is 3.66. The molecule has 82 valence electrons. The van der Waals surface area contributed by atoms with Crippen LogP contribution in [0.5, 0.6) is 11.5 Å². The van der Waals surface area contributed by atoms with Crippen molar-refractivity contribution in [3.8, 4) is 11.5 Å². The van der Waals surface area contributed by atoms with Crippen molar-refractivity contribution in [2.24, 2.45) is 0 Å².